The predicted molar refractivity (Wildman–Crippen MR) is 78.7 cm³/mol. The quantitative estimate of drug-likeness (QED) is 0.660. The van der Waals surface area contributed by atoms with Gasteiger partial charge in [0.1, 0.15) is 5.56 Å². The first-order chi connectivity index (χ1) is 9.08. The van der Waals surface area contributed by atoms with E-state index in [-0.39, 0.29) is 34.7 Å². The zero-order valence-electron chi connectivity index (χ0n) is 10.6. The average molecular weight is 320 g/mol. The number of carbonyl (C=O) groups excluding carboxylic acids is 1. The van der Waals surface area contributed by atoms with Crippen LogP contribution in [0.5, 0.6) is 0 Å². The zero-order chi connectivity index (χ0) is 13.8. The van der Waals surface area contributed by atoms with Gasteiger partial charge in [-0.25, -0.2) is 0 Å². The number of rotatable bonds is 3. The summed E-state index contributed by atoms with van der Waals surface area (Å²) in [6.45, 7) is 1.68. The normalized spacial score (nSPS) is 15.2. The molecule has 1 aliphatic heterocycles. The van der Waals surface area contributed by atoms with Crippen LogP contribution in [0, 0.1) is 10.1 Å². The van der Waals surface area contributed by atoms with Crippen LogP contribution in [0.2, 0.25) is 5.02 Å². The Balaban J connectivity index is 0.00000200. The third-order valence-corrected chi connectivity index (χ3v) is 3.31. The highest BCUT2D eigenvalue weighted by Gasteiger charge is 2.23. The molecule has 1 heterocycles. The van der Waals surface area contributed by atoms with Gasteiger partial charge >= 0.3 is 0 Å². The Morgan fingerprint density at radius 1 is 1.40 bits per heavy atom. The molecule has 1 aliphatic rings. The Bertz CT molecular complexity index is 505. The molecule has 0 bridgehead atoms. The van der Waals surface area contributed by atoms with Crippen molar-refractivity contribution in [3.8, 4) is 0 Å². The highest BCUT2D eigenvalue weighted by molar-refractivity contribution is 6.31. The topological polar surface area (TPSA) is 84.3 Å². The Morgan fingerprint density at radius 2 is 2.05 bits per heavy atom. The van der Waals surface area contributed by atoms with E-state index in [9.17, 15) is 14.9 Å². The summed E-state index contributed by atoms with van der Waals surface area (Å²) in [4.78, 5) is 22.4. The van der Waals surface area contributed by atoms with Crippen molar-refractivity contribution in [1.82, 2.24) is 10.6 Å². The molecular weight excluding hydrogens is 305 g/mol. The van der Waals surface area contributed by atoms with Gasteiger partial charge in [0, 0.05) is 17.1 Å². The predicted octanol–water partition coefficient (Wildman–Crippen LogP) is 2.15. The van der Waals surface area contributed by atoms with Gasteiger partial charge in [0.2, 0.25) is 0 Å². The first-order valence-corrected chi connectivity index (χ1v) is 6.41. The summed E-state index contributed by atoms with van der Waals surface area (Å²) in [5.74, 6) is -0.421. The average Bonchev–Trinajstić information content (AvgIpc) is 2.39. The summed E-state index contributed by atoms with van der Waals surface area (Å²) in [6.07, 6.45) is 1.65. The molecular formula is C12H15Cl2N3O3. The standard InChI is InChI=1S/C12H14ClN3O3.ClH/c13-8-1-2-10(11(7-8)16(18)19)12(17)15-9-3-5-14-6-4-9;/h1-2,7,9,14H,3-6H2,(H,15,17);1H. The number of hydrogen-bond donors (Lipinski definition) is 2. The molecule has 1 amide bonds. The minimum Gasteiger partial charge on any atom is -0.349 e. The maximum atomic E-state index is 12.1. The van der Waals surface area contributed by atoms with Crippen molar-refractivity contribution < 1.29 is 9.72 Å². The largest absolute Gasteiger partial charge is 0.349 e. The molecule has 0 saturated carbocycles. The fourth-order valence-electron chi connectivity index (χ4n) is 2.08. The number of nitro benzene ring substituents is 1. The number of nitrogens with one attached hydrogen (secondary N) is 2. The summed E-state index contributed by atoms with van der Waals surface area (Å²) in [5, 5.41) is 17.2. The second-order valence-corrected chi connectivity index (χ2v) is 4.85. The van der Waals surface area contributed by atoms with Crippen LogP contribution < -0.4 is 10.6 Å². The SMILES string of the molecule is Cl.O=C(NC1CCNCC1)c1ccc(Cl)cc1[N+](=O)[O-]. The first-order valence-electron chi connectivity index (χ1n) is 6.03. The lowest BCUT2D eigenvalue weighted by atomic mass is 10.1. The van der Waals surface area contributed by atoms with E-state index in [0.29, 0.717) is 0 Å². The monoisotopic (exact) mass is 319 g/mol. The lowest BCUT2D eigenvalue weighted by Gasteiger charge is -2.23. The number of nitrogens with zero attached hydrogens (tertiary/aromatic N) is 1. The maximum Gasteiger partial charge on any atom is 0.283 e. The fraction of sp³-hybridized carbons (Fsp3) is 0.417. The summed E-state index contributed by atoms with van der Waals surface area (Å²) in [5.41, 5.74) is -0.216. The molecule has 8 heteroatoms. The minimum atomic E-state index is -0.594. The molecule has 20 heavy (non-hydrogen) atoms. The van der Waals surface area contributed by atoms with E-state index in [1.807, 2.05) is 0 Å². The fourth-order valence-corrected chi connectivity index (χ4v) is 2.24. The molecule has 0 atom stereocenters. The molecule has 0 radical (unpaired) electrons. The summed E-state index contributed by atoms with van der Waals surface area (Å²) in [7, 11) is 0. The number of piperidine rings is 1. The van der Waals surface area contributed by atoms with Gasteiger partial charge in [-0.15, -0.1) is 12.4 Å². The Hall–Kier alpha value is -1.37. The molecule has 0 unspecified atom stereocenters. The van der Waals surface area contributed by atoms with Crippen molar-refractivity contribution >= 4 is 35.6 Å². The van der Waals surface area contributed by atoms with E-state index < -0.39 is 10.8 Å². The van der Waals surface area contributed by atoms with Gasteiger partial charge in [0.25, 0.3) is 11.6 Å². The molecule has 2 rings (SSSR count). The van der Waals surface area contributed by atoms with Gasteiger partial charge in [-0.1, -0.05) is 11.6 Å². The lowest BCUT2D eigenvalue weighted by molar-refractivity contribution is -0.385. The zero-order valence-corrected chi connectivity index (χ0v) is 12.2. The molecule has 0 spiro atoms. The summed E-state index contributed by atoms with van der Waals surface area (Å²) < 4.78 is 0. The van der Waals surface area contributed by atoms with Crippen LogP contribution in [-0.2, 0) is 0 Å². The first kappa shape index (κ1) is 16.7. The second kappa shape index (κ2) is 7.42. The van der Waals surface area contributed by atoms with E-state index in [0.717, 1.165) is 25.9 Å². The second-order valence-electron chi connectivity index (χ2n) is 4.42. The number of carbonyl (C=O) groups is 1. The van der Waals surface area contributed by atoms with Gasteiger partial charge < -0.3 is 10.6 Å². The van der Waals surface area contributed by atoms with Crippen molar-refractivity contribution in [3.63, 3.8) is 0 Å². The molecule has 110 valence electrons. The van der Waals surface area contributed by atoms with Crippen LogP contribution in [0.1, 0.15) is 23.2 Å². The molecule has 0 aliphatic carbocycles. The Morgan fingerprint density at radius 3 is 2.65 bits per heavy atom. The van der Waals surface area contributed by atoms with Crippen LogP contribution in [0.25, 0.3) is 0 Å². The van der Waals surface area contributed by atoms with E-state index in [1.54, 1.807) is 0 Å². The highest BCUT2D eigenvalue weighted by atomic mass is 35.5. The summed E-state index contributed by atoms with van der Waals surface area (Å²) >= 11 is 5.71. The maximum absolute atomic E-state index is 12.1. The van der Waals surface area contributed by atoms with E-state index in [1.165, 1.54) is 18.2 Å². The van der Waals surface area contributed by atoms with Crippen molar-refractivity contribution in [2.75, 3.05) is 13.1 Å². The van der Waals surface area contributed by atoms with Crippen molar-refractivity contribution in [2.45, 2.75) is 18.9 Å². The highest BCUT2D eigenvalue weighted by Crippen LogP contribution is 2.23. The molecule has 1 aromatic rings. The van der Waals surface area contributed by atoms with Crippen molar-refractivity contribution in [3.05, 3.63) is 38.9 Å². The van der Waals surface area contributed by atoms with Gasteiger partial charge in [-0.3, -0.25) is 14.9 Å². The van der Waals surface area contributed by atoms with Crippen molar-refractivity contribution in [1.29, 1.82) is 0 Å². The molecule has 2 N–H and O–H groups in total. The smallest absolute Gasteiger partial charge is 0.283 e. The number of halogens is 2. The van der Waals surface area contributed by atoms with Gasteiger partial charge in [0.15, 0.2) is 0 Å². The Labute approximate surface area is 127 Å². The lowest BCUT2D eigenvalue weighted by Crippen LogP contribution is -2.42. The van der Waals surface area contributed by atoms with Gasteiger partial charge in [0.05, 0.1) is 4.92 Å². The van der Waals surface area contributed by atoms with E-state index in [2.05, 4.69) is 10.6 Å². The van der Waals surface area contributed by atoms with Crippen LogP contribution >= 0.6 is 24.0 Å². The third kappa shape index (κ3) is 4.06. The Kier molecular flexibility index (Phi) is 6.19. The van der Waals surface area contributed by atoms with Crippen LogP contribution in [0.15, 0.2) is 18.2 Å². The number of benzene rings is 1. The van der Waals surface area contributed by atoms with Crippen LogP contribution in [0.4, 0.5) is 5.69 Å². The number of amides is 1. The van der Waals surface area contributed by atoms with Gasteiger partial charge in [-0.2, -0.15) is 0 Å². The van der Waals surface area contributed by atoms with E-state index in [4.69, 9.17) is 11.6 Å². The third-order valence-electron chi connectivity index (χ3n) is 3.08. The van der Waals surface area contributed by atoms with Crippen LogP contribution in [-0.4, -0.2) is 30.0 Å². The van der Waals surface area contributed by atoms with E-state index >= 15 is 0 Å². The summed E-state index contributed by atoms with van der Waals surface area (Å²) in [6, 6.07) is 4.12. The molecule has 6 nitrogen and oxygen atoms in total. The molecule has 1 saturated heterocycles. The minimum absolute atomic E-state index is 0. The molecule has 0 aromatic heterocycles. The molecule has 1 fully saturated rings. The number of hydrogen-bond acceptors (Lipinski definition) is 4. The van der Waals surface area contributed by atoms with Gasteiger partial charge in [-0.05, 0) is 38.1 Å². The van der Waals surface area contributed by atoms with Crippen LogP contribution in [0.3, 0.4) is 0 Å². The van der Waals surface area contributed by atoms with Crippen molar-refractivity contribution in [2.24, 2.45) is 0 Å². The molecule has 1 aromatic carbocycles. The number of nitro groups is 1.